The van der Waals surface area contributed by atoms with Gasteiger partial charge in [0.15, 0.2) is 0 Å². The molecule has 0 atom stereocenters. The van der Waals surface area contributed by atoms with E-state index >= 15 is 0 Å². The van der Waals surface area contributed by atoms with E-state index in [-0.39, 0.29) is 5.95 Å². The van der Waals surface area contributed by atoms with Crippen LogP contribution in [0.15, 0.2) is 48.7 Å². The normalized spacial score (nSPS) is 11.0. The molecule has 0 aliphatic carbocycles. The highest BCUT2D eigenvalue weighted by atomic mass is 15.0. The zero-order valence-electron chi connectivity index (χ0n) is 12.9. The minimum Gasteiger partial charge on any atom is -0.383 e. The third-order valence-electron chi connectivity index (χ3n) is 4.14. The summed E-state index contributed by atoms with van der Waals surface area (Å²) in [5.74, 6) is 3.21. The molecule has 5 nitrogen and oxygen atoms in total. The molecule has 2 aromatic heterocycles. The molecule has 0 radical (unpaired) electrons. The summed E-state index contributed by atoms with van der Waals surface area (Å²) in [5, 5.41) is 1.82. The number of terminal acetylenes is 1. The Bertz CT molecular complexity index is 1100. The predicted molar refractivity (Wildman–Crippen MR) is 97.3 cm³/mol. The number of fused-ring (bicyclic) bond motifs is 3. The molecule has 0 spiro atoms. The maximum absolute atomic E-state index is 5.95. The van der Waals surface area contributed by atoms with E-state index < -0.39 is 0 Å². The number of aromatic nitrogens is 3. The number of nitrogen functional groups attached to an aromatic ring is 2. The third-order valence-corrected chi connectivity index (χ3v) is 4.14. The highest BCUT2D eigenvalue weighted by molar-refractivity contribution is 6.07. The van der Waals surface area contributed by atoms with Crippen LogP contribution in [-0.4, -0.2) is 14.5 Å². The Morgan fingerprint density at radius 3 is 2.50 bits per heavy atom. The lowest BCUT2D eigenvalue weighted by molar-refractivity contribution is 0.837. The van der Waals surface area contributed by atoms with Crippen molar-refractivity contribution in [2.45, 2.75) is 6.54 Å². The molecule has 0 fully saturated rings. The zero-order valence-corrected chi connectivity index (χ0v) is 12.9. The van der Waals surface area contributed by atoms with Crippen molar-refractivity contribution in [1.82, 2.24) is 14.5 Å². The van der Waals surface area contributed by atoms with Gasteiger partial charge in [-0.15, -0.1) is 6.42 Å². The fraction of sp³-hybridized carbons (Fsp3) is 0.0526. The van der Waals surface area contributed by atoms with Crippen LogP contribution in [0.25, 0.3) is 21.8 Å². The van der Waals surface area contributed by atoms with Gasteiger partial charge in [0.05, 0.1) is 11.0 Å². The number of nitrogens with zero attached hydrogens (tertiary/aromatic N) is 3. The minimum atomic E-state index is 0.185. The first-order valence-electron chi connectivity index (χ1n) is 7.52. The van der Waals surface area contributed by atoms with E-state index in [0.29, 0.717) is 5.82 Å². The molecule has 2 heterocycles. The van der Waals surface area contributed by atoms with Crippen molar-refractivity contribution in [3.05, 3.63) is 59.8 Å². The molecule has 0 aliphatic heterocycles. The summed E-state index contributed by atoms with van der Waals surface area (Å²) in [6.07, 6.45) is 7.44. The van der Waals surface area contributed by atoms with E-state index in [0.717, 1.165) is 33.9 Å². The number of rotatable bonds is 2. The molecule has 2 aromatic carbocycles. The van der Waals surface area contributed by atoms with Crippen molar-refractivity contribution in [1.29, 1.82) is 0 Å². The van der Waals surface area contributed by atoms with Gasteiger partial charge in [-0.05, 0) is 35.9 Å². The first-order chi connectivity index (χ1) is 11.7. The van der Waals surface area contributed by atoms with Crippen LogP contribution in [0.5, 0.6) is 0 Å². The number of benzene rings is 2. The van der Waals surface area contributed by atoms with Crippen molar-refractivity contribution in [2.24, 2.45) is 0 Å². The number of nitrogens with two attached hydrogens (primary N) is 2. The second kappa shape index (κ2) is 5.28. The average Bonchev–Trinajstić information content (AvgIpc) is 2.99. The van der Waals surface area contributed by atoms with E-state index in [1.165, 1.54) is 5.56 Å². The second-order valence-corrected chi connectivity index (χ2v) is 5.65. The Kier molecular flexibility index (Phi) is 3.10. The average molecular weight is 313 g/mol. The van der Waals surface area contributed by atoms with E-state index in [9.17, 15) is 0 Å². The summed E-state index contributed by atoms with van der Waals surface area (Å²) in [4.78, 5) is 8.38. The lowest BCUT2D eigenvalue weighted by Crippen LogP contribution is -2.01. The molecule has 0 aliphatic rings. The zero-order chi connectivity index (χ0) is 16.7. The smallest absolute Gasteiger partial charge is 0.222 e. The minimum absolute atomic E-state index is 0.185. The summed E-state index contributed by atoms with van der Waals surface area (Å²) in [6.45, 7) is 0.746. The van der Waals surface area contributed by atoms with Crippen LogP contribution in [0.2, 0.25) is 0 Å². The molecule has 4 rings (SSSR count). The van der Waals surface area contributed by atoms with Gasteiger partial charge in [0, 0.05) is 29.1 Å². The Labute approximate surface area is 138 Å². The fourth-order valence-electron chi connectivity index (χ4n) is 2.95. The molecule has 0 saturated carbocycles. The topological polar surface area (TPSA) is 82.8 Å². The van der Waals surface area contributed by atoms with Gasteiger partial charge < -0.3 is 16.0 Å². The summed E-state index contributed by atoms with van der Waals surface area (Å²) in [6, 6.07) is 14.0. The van der Waals surface area contributed by atoms with Crippen molar-refractivity contribution in [2.75, 3.05) is 11.5 Å². The lowest BCUT2D eigenvalue weighted by Gasteiger charge is -2.08. The maximum Gasteiger partial charge on any atom is 0.222 e. The number of hydrogen-bond acceptors (Lipinski definition) is 4. The summed E-state index contributed by atoms with van der Waals surface area (Å²) >= 11 is 0. The van der Waals surface area contributed by atoms with Gasteiger partial charge in [-0.2, -0.15) is 4.98 Å². The van der Waals surface area contributed by atoms with Gasteiger partial charge in [-0.1, -0.05) is 18.1 Å². The predicted octanol–water partition coefficient (Wildman–Crippen LogP) is 2.78. The van der Waals surface area contributed by atoms with Gasteiger partial charge in [0.2, 0.25) is 5.95 Å². The van der Waals surface area contributed by atoms with Crippen molar-refractivity contribution in [3.63, 3.8) is 0 Å². The van der Waals surface area contributed by atoms with Crippen LogP contribution in [0.1, 0.15) is 11.1 Å². The van der Waals surface area contributed by atoms with Crippen molar-refractivity contribution in [3.8, 4) is 12.3 Å². The van der Waals surface area contributed by atoms with Gasteiger partial charge in [0.25, 0.3) is 0 Å². The Morgan fingerprint density at radius 1 is 0.958 bits per heavy atom. The summed E-state index contributed by atoms with van der Waals surface area (Å²) in [7, 11) is 0. The Balaban J connectivity index is 1.82. The Hall–Kier alpha value is -3.52. The van der Waals surface area contributed by atoms with Crippen LogP contribution >= 0.6 is 0 Å². The van der Waals surface area contributed by atoms with Gasteiger partial charge in [0.1, 0.15) is 5.82 Å². The fourth-order valence-corrected chi connectivity index (χ4v) is 2.95. The largest absolute Gasteiger partial charge is 0.383 e. The molecule has 0 saturated heterocycles. The van der Waals surface area contributed by atoms with Crippen LogP contribution in [-0.2, 0) is 6.54 Å². The van der Waals surface area contributed by atoms with E-state index in [2.05, 4.69) is 20.5 Å². The molecule has 0 unspecified atom stereocenters. The van der Waals surface area contributed by atoms with Crippen molar-refractivity contribution < 1.29 is 0 Å². The SMILES string of the molecule is C#Cc1ccc(Cn2ccc3c4nc(N)nc(N)c4ccc32)cc1. The number of hydrogen-bond donors (Lipinski definition) is 2. The van der Waals surface area contributed by atoms with Crippen LogP contribution in [0.4, 0.5) is 11.8 Å². The second-order valence-electron chi connectivity index (χ2n) is 5.65. The highest BCUT2D eigenvalue weighted by Crippen LogP contribution is 2.28. The quantitative estimate of drug-likeness (QED) is 0.557. The summed E-state index contributed by atoms with van der Waals surface area (Å²) in [5.41, 5.74) is 15.6. The Morgan fingerprint density at radius 2 is 1.75 bits per heavy atom. The monoisotopic (exact) mass is 313 g/mol. The van der Waals surface area contributed by atoms with Gasteiger partial charge >= 0.3 is 0 Å². The molecular formula is C19H15N5. The highest BCUT2D eigenvalue weighted by Gasteiger charge is 2.10. The third kappa shape index (κ3) is 2.22. The van der Waals surface area contributed by atoms with E-state index in [4.69, 9.17) is 17.9 Å². The molecule has 4 aromatic rings. The van der Waals surface area contributed by atoms with Crippen LogP contribution in [0.3, 0.4) is 0 Å². The first-order valence-corrected chi connectivity index (χ1v) is 7.52. The number of anilines is 2. The summed E-state index contributed by atoms with van der Waals surface area (Å²) < 4.78 is 2.16. The molecule has 0 bridgehead atoms. The molecule has 4 N–H and O–H groups in total. The molecule has 0 amide bonds. The first kappa shape index (κ1) is 14.1. The van der Waals surface area contributed by atoms with Crippen LogP contribution < -0.4 is 11.5 Å². The molecule has 116 valence electrons. The van der Waals surface area contributed by atoms with Crippen LogP contribution in [0, 0.1) is 12.3 Å². The molecule has 24 heavy (non-hydrogen) atoms. The van der Waals surface area contributed by atoms with E-state index in [1.807, 2.05) is 48.7 Å². The standard InChI is InChI=1S/C19H15N5/c1-2-12-3-5-13(6-4-12)11-24-10-9-14-16(24)8-7-15-17(14)22-19(21)23-18(15)20/h1,3-10H,11H2,(H4,20,21,22,23). The molecule has 5 heteroatoms. The maximum atomic E-state index is 5.95. The van der Waals surface area contributed by atoms with Crippen molar-refractivity contribution >= 4 is 33.6 Å². The van der Waals surface area contributed by atoms with Gasteiger partial charge in [-0.3, -0.25) is 0 Å². The van der Waals surface area contributed by atoms with E-state index in [1.54, 1.807) is 0 Å². The lowest BCUT2D eigenvalue weighted by atomic mass is 10.1. The molecular weight excluding hydrogens is 298 g/mol. The van der Waals surface area contributed by atoms with Gasteiger partial charge in [-0.25, -0.2) is 4.98 Å².